The minimum Gasteiger partial charge on any atom is -0.434 e. The van der Waals surface area contributed by atoms with Crippen LogP contribution in [0.3, 0.4) is 0 Å². The summed E-state index contributed by atoms with van der Waals surface area (Å²) in [6.45, 7) is -2.96. The first kappa shape index (κ1) is 15.4. The van der Waals surface area contributed by atoms with Gasteiger partial charge in [-0.1, -0.05) is 11.6 Å². The van der Waals surface area contributed by atoms with E-state index in [-0.39, 0.29) is 18.0 Å². The molecule has 0 aliphatic heterocycles. The SMILES string of the molecule is Fc1cc(F)cc(NCc2cc(Cl)ccc2OC(F)F)c1. The first-order valence-corrected chi connectivity index (χ1v) is 6.25. The van der Waals surface area contributed by atoms with E-state index >= 15 is 0 Å². The van der Waals surface area contributed by atoms with Crippen molar-refractivity contribution in [1.29, 1.82) is 0 Å². The van der Waals surface area contributed by atoms with E-state index in [1.807, 2.05) is 0 Å². The van der Waals surface area contributed by atoms with Crippen LogP contribution in [0.5, 0.6) is 5.75 Å². The Morgan fingerprint density at radius 2 is 1.71 bits per heavy atom. The molecule has 0 aromatic heterocycles. The quantitative estimate of drug-likeness (QED) is 0.797. The number of ether oxygens (including phenoxy) is 1. The number of nitrogens with one attached hydrogen (secondary N) is 1. The zero-order valence-corrected chi connectivity index (χ0v) is 11.3. The van der Waals surface area contributed by atoms with Crippen LogP contribution in [0.4, 0.5) is 23.2 Å². The summed E-state index contributed by atoms with van der Waals surface area (Å²) in [5, 5.41) is 3.05. The molecule has 0 bridgehead atoms. The second kappa shape index (κ2) is 6.67. The zero-order chi connectivity index (χ0) is 15.4. The molecule has 0 spiro atoms. The number of rotatable bonds is 5. The lowest BCUT2D eigenvalue weighted by Gasteiger charge is -2.13. The van der Waals surface area contributed by atoms with Gasteiger partial charge in [0, 0.05) is 28.9 Å². The third-order valence-electron chi connectivity index (χ3n) is 2.58. The lowest BCUT2D eigenvalue weighted by molar-refractivity contribution is -0.0504. The molecule has 0 saturated heterocycles. The van der Waals surface area contributed by atoms with Crippen molar-refractivity contribution in [2.75, 3.05) is 5.32 Å². The smallest absolute Gasteiger partial charge is 0.387 e. The predicted molar refractivity (Wildman–Crippen MR) is 71.8 cm³/mol. The first-order chi connectivity index (χ1) is 9.94. The number of anilines is 1. The van der Waals surface area contributed by atoms with Crippen LogP contribution in [0.25, 0.3) is 0 Å². The highest BCUT2D eigenvalue weighted by Gasteiger charge is 2.10. The van der Waals surface area contributed by atoms with E-state index in [1.165, 1.54) is 18.2 Å². The molecule has 2 aromatic carbocycles. The molecule has 0 amide bonds. The van der Waals surface area contributed by atoms with Crippen LogP contribution in [0.1, 0.15) is 5.56 Å². The van der Waals surface area contributed by atoms with Gasteiger partial charge in [-0.25, -0.2) is 8.78 Å². The lowest BCUT2D eigenvalue weighted by Crippen LogP contribution is -2.07. The Labute approximate surface area is 123 Å². The molecule has 0 atom stereocenters. The van der Waals surface area contributed by atoms with Gasteiger partial charge in [0.25, 0.3) is 0 Å². The molecule has 7 heteroatoms. The summed E-state index contributed by atoms with van der Waals surface area (Å²) in [7, 11) is 0. The molecule has 0 radical (unpaired) electrons. The summed E-state index contributed by atoms with van der Waals surface area (Å²) in [6, 6.07) is 7.04. The molecule has 112 valence electrons. The molecule has 0 fully saturated rings. The van der Waals surface area contributed by atoms with Gasteiger partial charge in [0.05, 0.1) is 0 Å². The number of hydrogen-bond acceptors (Lipinski definition) is 2. The number of benzene rings is 2. The molecule has 0 aliphatic carbocycles. The highest BCUT2D eigenvalue weighted by molar-refractivity contribution is 6.30. The third kappa shape index (κ3) is 4.53. The highest BCUT2D eigenvalue weighted by Crippen LogP contribution is 2.25. The molecule has 0 saturated carbocycles. The van der Waals surface area contributed by atoms with Crippen molar-refractivity contribution < 1.29 is 22.3 Å². The first-order valence-electron chi connectivity index (χ1n) is 5.87. The van der Waals surface area contributed by atoms with E-state index in [2.05, 4.69) is 10.1 Å². The van der Waals surface area contributed by atoms with Crippen LogP contribution < -0.4 is 10.1 Å². The monoisotopic (exact) mass is 319 g/mol. The second-order valence-electron chi connectivity index (χ2n) is 4.14. The summed E-state index contributed by atoms with van der Waals surface area (Å²) in [6.07, 6.45) is 0. The van der Waals surface area contributed by atoms with Crippen LogP contribution >= 0.6 is 11.6 Å². The predicted octanol–water partition coefficient (Wildman–Crippen LogP) is 4.83. The fraction of sp³-hybridized carbons (Fsp3) is 0.143. The van der Waals surface area contributed by atoms with Gasteiger partial charge >= 0.3 is 6.61 Å². The minimum absolute atomic E-state index is 0.0194. The molecule has 2 rings (SSSR count). The van der Waals surface area contributed by atoms with E-state index < -0.39 is 18.2 Å². The van der Waals surface area contributed by atoms with E-state index in [1.54, 1.807) is 0 Å². The summed E-state index contributed by atoms with van der Waals surface area (Å²) >= 11 is 5.79. The van der Waals surface area contributed by atoms with Crippen molar-refractivity contribution in [3.63, 3.8) is 0 Å². The highest BCUT2D eigenvalue weighted by atomic mass is 35.5. The summed E-state index contributed by atoms with van der Waals surface area (Å²) < 4.78 is 55.0. The van der Waals surface area contributed by atoms with E-state index in [0.717, 1.165) is 18.2 Å². The normalized spacial score (nSPS) is 10.8. The lowest BCUT2D eigenvalue weighted by atomic mass is 10.2. The Hall–Kier alpha value is -1.95. The fourth-order valence-electron chi connectivity index (χ4n) is 1.75. The zero-order valence-electron chi connectivity index (χ0n) is 10.5. The number of alkyl halides is 2. The van der Waals surface area contributed by atoms with Crippen molar-refractivity contribution in [3.8, 4) is 5.75 Å². The third-order valence-corrected chi connectivity index (χ3v) is 2.82. The minimum atomic E-state index is -2.98. The number of hydrogen-bond donors (Lipinski definition) is 1. The molecule has 1 N–H and O–H groups in total. The topological polar surface area (TPSA) is 21.3 Å². The molecular weight excluding hydrogens is 310 g/mol. The van der Waals surface area contributed by atoms with Gasteiger partial charge in [0.2, 0.25) is 0 Å². The van der Waals surface area contributed by atoms with Gasteiger partial charge in [0.1, 0.15) is 17.4 Å². The Morgan fingerprint density at radius 1 is 1.05 bits per heavy atom. The molecule has 2 nitrogen and oxygen atoms in total. The largest absolute Gasteiger partial charge is 0.434 e. The van der Waals surface area contributed by atoms with Crippen molar-refractivity contribution in [3.05, 3.63) is 58.6 Å². The van der Waals surface area contributed by atoms with Crippen molar-refractivity contribution >= 4 is 17.3 Å². The summed E-state index contributed by atoms with van der Waals surface area (Å²) in [5.41, 5.74) is 0.517. The van der Waals surface area contributed by atoms with Crippen LogP contribution in [-0.2, 0) is 6.54 Å². The average molecular weight is 320 g/mol. The van der Waals surface area contributed by atoms with Crippen LogP contribution in [0, 0.1) is 11.6 Å². The van der Waals surface area contributed by atoms with Gasteiger partial charge in [0.15, 0.2) is 0 Å². The molecule has 21 heavy (non-hydrogen) atoms. The maximum Gasteiger partial charge on any atom is 0.387 e. The van der Waals surface area contributed by atoms with E-state index in [9.17, 15) is 17.6 Å². The molecule has 0 aliphatic rings. The van der Waals surface area contributed by atoms with E-state index in [0.29, 0.717) is 10.6 Å². The summed E-state index contributed by atoms with van der Waals surface area (Å²) in [5.74, 6) is -1.54. The molecule has 0 unspecified atom stereocenters. The van der Waals surface area contributed by atoms with Crippen LogP contribution in [-0.4, -0.2) is 6.61 Å². The van der Waals surface area contributed by atoms with Gasteiger partial charge in [-0.05, 0) is 30.3 Å². The molecule has 0 heterocycles. The van der Waals surface area contributed by atoms with Crippen molar-refractivity contribution in [1.82, 2.24) is 0 Å². The maximum atomic E-state index is 13.0. The fourth-order valence-corrected chi connectivity index (χ4v) is 1.95. The maximum absolute atomic E-state index is 13.0. The van der Waals surface area contributed by atoms with Crippen molar-refractivity contribution in [2.45, 2.75) is 13.2 Å². The van der Waals surface area contributed by atoms with Crippen LogP contribution in [0.2, 0.25) is 5.02 Å². The van der Waals surface area contributed by atoms with Gasteiger partial charge < -0.3 is 10.1 Å². The van der Waals surface area contributed by atoms with Gasteiger partial charge in [-0.3, -0.25) is 0 Å². The second-order valence-corrected chi connectivity index (χ2v) is 4.58. The molecular formula is C14H10ClF4NO. The molecule has 2 aromatic rings. The van der Waals surface area contributed by atoms with Gasteiger partial charge in [-0.2, -0.15) is 8.78 Å². The van der Waals surface area contributed by atoms with Gasteiger partial charge in [-0.15, -0.1) is 0 Å². The summed E-state index contributed by atoms with van der Waals surface area (Å²) in [4.78, 5) is 0. The van der Waals surface area contributed by atoms with E-state index in [4.69, 9.17) is 11.6 Å². The standard InChI is InChI=1S/C14H10ClF4NO/c15-9-1-2-13(21-14(18)19)8(3-9)7-20-12-5-10(16)4-11(17)6-12/h1-6,14,20H,7H2. The Balaban J connectivity index is 2.16. The number of halogens is 5. The van der Waals surface area contributed by atoms with Crippen molar-refractivity contribution in [2.24, 2.45) is 0 Å². The van der Waals surface area contributed by atoms with Crippen LogP contribution in [0.15, 0.2) is 36.4 Å². The average Bonchev–Trinajstić information content (AvgIpc) is 2.37. The Kier molecular flexibility index (Phi) is 4.90. The Morgan fingerprint density at radius 3 is 2.33 bits per heavy atom. The Bertz CT molecular complexity index is 616.